The summed E-state index contributed by atoms with van der Waals surface area (Å²) in [5, 5.41) is 3.20. The Morgan fingerprint density at radius 1 is 1.26 bits per heavy atom. The zero-order chi connectivity index (χ0) is 16.7. The van der Waals surface area contributed by atoms with Gasteiger partial charge in [0.1, 0.15) is 4.32 Å². The van der Waals surface area contributed by atoms with E-state index in [1.54, 1.807) is 24.3 Å². The second kappa shape index (κ2) is 9.10. The lowest BCUT2D eigenvalue weighted by Gasteiger charge is -2.17. The van der Waals surface area contributed by atoms with Crippen LogP contribution in [0, 0.1) is 0 Å². The fraction of sp³-hybridized carbons (Fsp3) is 0.400. The molecule has 0 atom stereocenters. The number of hydrogen-bond acceptors (Lipinski definition) is 5. The summed E-state index contributed by atoms with van der Waals surface area (Å²) < 4.78 is 5.65. The largest absolute Gasteiger partial charge is 0.455 e. The molecule has 0 unspecified atom stereocenters. The Balaban J connectivity index is 1.64. The minimum absolute atomic E-state index is 0.115. The van der Waals surface area contributed by atoms with Crippen molar-refractivity contribution in [3.8, 4) is 0 Å². The fourth-order valence-corrected chi connectivity index (χ4v) is 3.20. The standard InChI is InChI=1S/C15H17ClN2O3S2/c16-11-3-5-12(6-4-11)17-13(19)9-21-14(20)10-23-15(22)18-7-1-2-8-18/h3-6H,1-2,7-10H2,(H,17,19). The minimum Gasteiger partial charge on any atom is -0.455 e. The third-order valence-corrected chi connectivity index (χ3v) is 4.92. The van der Waals surface area contributed by atoms with E-state index in [2.05, 4.69) is 10.2 Å². The van der Waals surface area contributed by atoms with Gasteiger partial charge in [-0.25, -0.2) is 0 Å². The monoisotopic (exact) mass is 372 g/mol. The van der Waals surface area contributed by atoms with Gasteiger partial charge < -0.3 is 15.0 Å². The van der Waals surface area contributed by atoms with Crippen LogP contribution in [0.15, 0.2) is 24.3 Å². The highest BCUT2D eigenvalue weighted by molar-refractivity contribution is 8.23. The van der Waals surface area contributed by atoms with Crippen LogP contribution in [0.4, 0.5) is 5.69 Å². The predicted molar refractivity (Wildman–Crippen MR) is 96.9 cm³/mol. The van der Waals surface area contributed by atoms with E-state index < -0.39 is 11.9 Å². The summed E-state index contributed by atoms with van der Waals surface area (Å²) in [7, 11) is 0. The SMILES string of the molecule is O=C(COC(=O)CSC(=S)N1CCCC1)Nc1ccc(Cl)cc1. The molecule has 1 N–H and O–H groups in total. The average molecular weight is 373 g/mol. The quantitative estimate of drug-likeness (QED) is 0.633. The van der Waals surface area contributed by atoms with Crippen molar-refractivity contribution >= 4 is 57.5 Å². The first kappa shape index (κ1) is 18.0. The second-order valence-electron chi connectivity index (χ2n) is 4.96. The molecule has 0 bridgehead atoms. The number of thioether (sulfide) groups is 1. The molecule has 1 aromatic carbocycles. The Kier molecular flexibility index (Phi) is 7.14. The van der Waals surface area contributed by atoms with Gasteiger partial charge in [0.25, 0.3) is 5.91 Å². The third kappa shape index (κ3) is 6.37. The molecule has 23 heavy (non-hydrogen) atoms. The summed E-state index contributed by atoms with van der Waals surface area (Å²) in [5.41, 5.74) is 0.597. The number of likely N-dealkylation sites (tertiary alicyclic amines) is 1. The van der Waals surface area contributed by atoms with Crippen LogP contribution in [-0.4, -0.2) is 46.5 Å². The smallest absolute Gasteiger partial charge is 0.316 e. The Hall–Kier alpha value is -1.31. The van der Waals surface area contributed by atoms with Gasteiger partial charge in [-0.1, -0.05) is 35.6 Å². The Labute approximate surface area is 149 Å². The molecule has 0 aliphatic carbocycles. The number of benzene rings is 1. The van der Waals surface area contributed by atoms with E-state index in [-0.39, 0.29) is 12.4 Å². The normalized spacial score (nSPS) is 13.7. The highest BCUT2D eigenvalue weighted by atomic mass is 35.5. The number of carbonyl (C=O) groups is 2. The Bertz CT molecular complexity index is 575. The summed E-state index contributed by atoms with van der Waals surface area (Å²) in [4.78, 5) is 25.4. The van der Waals surface area contributed by atoms with Crippen LogP contribution < -0.4 is 5.32 Å². The number of hydrogen-bond donors (Lipinski definition) is 1. The molecule has 1 heterocycles. The number of carbonyl (C=O) groups excluding carboxylic acids is 2. The molecule has 124 valence electrons. The van der Waals surface area contributed by atoms with E-state index >= 15 is 0 Å². The lowest BCUT2D eigenvalue weighted by Crippen LogP contribution is -2.25. The zero-order valence-electron chi connectivity index (χ0n) is 12.4. The van der Waals surface area contributed by atoms with Crippen LogP contribution in [0.3, 0.4) is 0 Å². The van der Waals surface area contributed by atoms with Gasteiger partial charge in [-0.15, -0.1) is 0 Å². The molecule has 1 saturated heterocycles. The van der Waals surface area contributed by atoms with Crippen molar-refractivity contribution in [1.29, 1.82) is 0 Å². The molecule has 1 aliphatic rings. The number of amides is 1. The van der Waals surface area contributed by atoms with Crippen molar-refractivity contribution in [2.24, 2.45) is 0 Å². The van der Waals surface area contributed by atoms with E-state index in [1.165, 1.54) is 11.8 Å². The summed E-state index contributed by atoms with van der Waals surface area (Å²) in [6.07, 6.45) is 2.27. The van der Waals surface area contributed by atoms with E-state index in [0.717, 1.165) is 25.9 Å². The number of thiocarbonyl (C=S) groups is 1. The van der Waals surface area contributed by atoms with Gasteiger partial charge in [0.2, 0.25) is 0 Å². The molecule has 0 saturated carbocycles. The number of nitrogens with zero attached hydrogens (tertiary/aromatic N) is 1. The Morgan fingerprint density at radius 3 is 2.57 bits per heavy atom. The van der Waals surface area contributed by atoms with Crippen LogP contribution >= 0.6 is 35.6 Å². The molecule has 0 spiro atoms. The number of anilines is 1. The van der Waals surface area contributed by atoms with Crippen LogP contribution in [-0.2, 0) is 14.3 Å². The maximum atomic E-state index is 11.7. The van der Waals surface area contributed by atoms with Crippen molar-refractivity contribution in [3.05, 3.63) is 29.3 Å². The summed E-state index contributed by atoms with van der Waals surface area (Å²) in [6, 6.07) is 6.68. The first-order chi connectivity index (χ1) is 11.0. The lowest BCUT2D eigenvalue weighted by atomic mass is 10.3. The Morgan fingerprint density at radius 2 is 1.91 bits per heavy atom. The molecule has 0 aromatic heterocycles. The van der Waals surface area contributed by atoms with Gasteiger partial charge in [0, 0.05) is 23.8 Å². The maximum absolute atomic E-state index is 11.7. The summed E-state index contributed by atoms with van der Waals surface area (Å²) >= 11 is 12.3. The van der Waals surface area contributed by atoms with E-state index in [9.17, 15) is 9.59 Å². The molecule has 2 rings (SSSR count). The molecular formula is C15H17ClN2O3S2. The van der Waals surface area contributed by atoms with Crippen LogP contribution in [0.5, 0.6) is 0 Å². The summed E-state index contributed by atoms with van der Waals surface area (Å²) in [5.74, 6) is -0.737. The highest BCUT2D eigenvalue weighted by Gasteiger charge is 2.17. The van der Waals surface area contributed by atoms with Gasteiger partial charge in [-0.3, -0.25) is 9.59 Å². The predicted octanol–water partition coefficient (Wildman–Crippen LogP) is 2.94. The number of rotatable bonds is 5. The van der Waals surface area contributed by atoms with Crippen LogP contribution in [0.2, 0.25) is 5.02 Å². The number of esters is 1. The minimum atomic E-state index is -0.456. The molecule has 8 heteroatoms. The van der Waals surface area contributed by atoms with E-state index in [0.29, 0.717) is 15.0 Å². The molecule has 1 amide bonds. The van der Waals surface area contributed by atoms with E-state index in [1.807, 2.05) is 0 Å². The number of nitrogens with one attached hydrogen (secondary N) is 1. The van der Waals surface area contributed by atoms with Gasteiger partial charge >= 0.3 is 5.97 Å². The van der Waals surface area contributed by atoms with Crippen LogP contribution in [0.1, 0.15) is 12.8 Å². The van der Waals surface area contributed by atoms with E-state index in [4.69, 9.17) is 28.6 Å². The van der Waals surface area contributed by atoms with Crippen molar-refractivity contribution in [2.45, 2.75) is 12.8 Å². The molecule has 5 nitrogen and oxygen atoms in total. The van der Waals surface area contributed by atoms with Gasteiger partial charge in [0.05, 0.1) is 5.75 Å². The lowest BCUT2D eigenvalue weighted by molar-refractivity contribution is -0.144. The van der Waals surface area contributed by atoms with Crippen molar-refractivity contribution < 1.29 is 14.3 Å². The average Bonchev–Trinajstić information content (AvgIpc) is 3.07. The first-order valence-corrected chi connectivity index (χ1v) is 8.94. The summed E-state index contributed by atoms with van der Waals surface area (Å²) in [6.45, 7) is 1.58. The molecule has 1 aliphatic heterocycles. The van der Waals surface area contributed by atoms with Gasteiger partial charge in [-0.2, -0.15) is 0 Å². The second-order valence-corrected chi connectivity index (χ2v) is 7.01. The highest BCUT2D eigenvalue weighted by Crippen LogP contribution is 2.16. The van der Waals surface area contributed by atoms with Gasteiger partial charge in [-0.05, 0) is 37.1 Å². The zero-order valence-corrected chi connectivity index (χ0v) is 14.8. The van der Waals surface area contributed by atoms with Crippen molar-refractivity contribution in [3.63, 3.8) is 0 Å². The number of halogens is 1. The third-order valence-electron chi connectivity index (χ3n) is 3.17. The van der Waals surface area contributed by atoms with Crippen molar-refractivity contribution in [2.75, 3.05) is 30.8 Å². The fourth-order valence-electron chi connectivity index (χ4n) is 2.03. The van der Waals surface area contributed by atoms with Gasteiger partial charge in [0.15, 0.2) is 6.61 Å². The molecular weight excluding hydrogens is 356 g/mol. The molecule has 1 fully saturated rings. The number of ether oxygens (including phenoxy) is 1. The molecule has 0 radical (unpaired) electrons. The van der Waals surface area contributed by atoms with Crippen LogP contribution in [0.25, 0.3) is 0 Å². The molecule has 1 aromatic rings. The maximum Gasteiger partial charge on any atom is 0.316 e. The van der Waals surface area contributed by atoms with Crippen molar-refractivity contribution in [1.82, 2.24) is 4.90 Å². The first-order valence-electron chi connectivity index (χ1n) is 7.17. The topological polar surface area (TPSA) is 58.6 Å².